The summed E-state index contributed by atoms with van der Waals surface area (Å²) in [6.07, 6.45) is 6.15. The Bertz CT molecular complexity index is 1100. The summed E-state index contributed by atoms with van der Waals surface area (Å²) in [6, 6.07) is 14.7. The summed E-state index contributed by atoms with van der Waals surface area (Å²) >= 11 is 0. The Balaban J connectivity index is 1.27. The van der Waals surface area contributed by atoms with Crippen molar-refractivity contribution in [2.45, 2.75) is 12.8 Å². The number of H-pyrrole nitrogens is 1. The van der Waals surface area contributed by atoms with Crippen LogP contribution in [0.4, 0.5) is 5.69 Å². The van der Waals surface area contributed by atoms with Crippen LogP contribution in [0.15, 0.2) is 47.6 Å². The maximum Gasteiger partial charge on any atom is 0.138 e. The van der Waals surface area contributed by atoms with E-state index in [2.05, 4.69) is 44.0 Å². The van der Waals surface area contributed by atoms with Crippen molar-refractivity contribution in [3.05, 3.63) is 59.3 Å². The zero-order chi connectivity index (χ0) is 21.6. The van der Waals surface area contributed by atoms with E-state index in [9.17, 15) is 0 Å². The number of nitriles is 1. The highest BCUT2D eigenvalue weighted by Crippen LogP contribution is 2.26. The van der Waals surface area contributed by atoms with Crippen LogP contribution in [0.3, 0.4) is 0 Å². The highest BCUT2D eigenvalue weighted by Gasteiger charge is 2.18. The van der Waals surface area contributed by atoms with Crippen molar-refractivity contribution in [1.29, 1.82) is 5.26 Å². The summed E-state index contributed by atoms with van der Waals surface area (Å²) in [5.41, 5.74) is 5.40. The van der Waals surface area contributed by atoms with Crippen molar-refractivity contribution in [2.24, 2.45) is 4.99 Å². The Morgan fingerprint density at radius 3 is 2.74 bits per heavy atom. The zero-order valence-electron chi connectivity index (χ0n) is 18.3. The van der Waals surface area contributed by atoms with E-state index in [1.54, 1.807) is 14.2 Å². The highest BCUT2D eigenvalue weighted by atomic mass is 16.5. The summed E-state index contributed by atoms with van der Waals surface area (Å²) in [7, 11) is 3.41. The van der Waals surface area contributed by atoms with E-state index >= 15 is 0 Å². The minimum absolute atomic E-state index is 0.581. The zero-order valence-corrected chi connectivity index (χ0v) is 18.3. The lowest BCUT2D eigenvalue weighted by atomic mass is 10.1. The molecule has 0 amide bonds. The fraction of sp³-hybridized carbons (Fsp3) is 0.360. The molecule has 4 rings (SSSR count). The smallest absolute Gasteiger partial charge is 0.138 e. The Morgan fingerprint density at radius 1 is 1.16 bits per heavy atom. The summed E-state index contributed by atoms with van der Waals surface area (Å²) in [5.74, 6) is 0.649. The minimum atomic E-state index is 0.581. The molecule has 6 nitrogen and oxygen atoms in total. The molecule has 6 heteroatoms. The van der Waals surface area contributed by atoms with Gasteiger partial charge in [-0.3, -0.25) is 9.89 Å². The second kappa shape index (κ2) is 9.67. The predicted octanol–water partition coefficient (Wildman–Crippen LogP) is 3.85. The Morgan fingerprint density at radius 2 is 2.00 bits per heavy atom. The molecule has 1 aromatic heterocycles. The molecule has 0 aliphatic carbocycles. The van der Waals surface area contributed by atoms with E-state index in [4.69, 9.17) is 10.00 Å². The molecule has 0 spiro atoms. The van der Waals surface area contributed by atoms with E-state index in [1.807, 2.05) is 30.6 Å². The number of fused-ring (bicyclic) bond motifs is 1. The molecule has 1 fully saturated rings. The normalized spacial score (nSPS) is 14.9. The number of anilines is 1. The molecule has 0 unspecified atom stereocenters. The molecule has 0 atom stereocenters. The van der Waals surface area contributed by atoms with Gasteiger partial charge in [-0.2, -0.15) is 5.26 Å². The van der Waals surface area contributed by atoms with Crippen LogP contribution in [-0.2, 0) is 6.42 Å². The second-order valence-electron chi connectivity index (χ2n) is 7.94. The molecule has 1 saturated heterocycles. The van der Waals surface area contributed by atoms with Gasteiger partial charge < -0.3 is 14.6 Å². The lowest BCUT2D eigenvalue weighted by Gasteiger charge is -2.36. The molecule has 2 aromatic carbocycles. The largest absolute Gasteiger partial charge is 0.495 e. The van der Waals surface area contributed by atoms with Crippen LogP contribution in [0.25, 0.3) is 10.9 Å². The maximum absolute atomic E-state index is 9.17. The first-order chi connectivity index (χ1) is 15.2. The van der Waals surface area contributed by atoms with Crippen molar-refractivity contribution in [1.82, 2.24) is 9.88 Å². The van der Waals surface area contributed by atoms with Gasteiger partial charge in [-0.05, 0) is 43.1 Å². The van der Waals surface area contributed by atoms with Gasteiger partial charge in [0, 0.05) is 73.9 Å². The fourth-order valence-electron chi connectivity index (χ4n) is 4.30. The monoisotopic (exact) mass is 415 g/mol. The minimum Gasteiger partial charge on any atom is -0.495 e. The van der Waals surface area contributed by atoms with Crippen LogP contribution in [0.5, 0.6) is 5.75 Å². The quantitative estimate of drug-likeness (QED) is 0.595. The van der Waals surface area contributed by atoms with Crippen molar-refractivity contribution in [3.8, 4) is 11.8 Å². The van der Waals surface area contributed by atoms with Gasteiger partial charge in [-0.25, -0.2) is 0 Å². The molecular weight excluding hydrogens is 386 g/mol. The number of nitrogens with one attached hydrogen (secondary N) is 1. The predicted molar refractivity (Wildman–Crippen MR) is 126 cm³/mol. The van der Waals surface area contributed by atoms with Crippen LogP contribution in [0.2, 0.25) is 0 Å². The SMILES string of the molecule is CN=Cc1c[nH]c2cc(CCCN3CCN(c4ccc(C#N)c(OC)c4)CC3)ccc12. The van der Waals surface area contributed by atoms with E-state index in [-0.39, 0.29) is 0 Å². The molecule has 3 aromatic rings. The van der Waals surface area contributed by atoms with E-state index in [1.165, 1.54) is 16.5 Å². The first-order valence-corrected chi connectivity index (χ1v) is 10.8. The van der Waals surface area contributed by atoms with Gasteiger partial charge in [-0.1, -0.05) is 12.1 Å². The van der Waals surface area contributed by atoms with E-state index < -0.39 is 0 Å². The number of methoxy groups -OCH3 is 1. The number of ether oxygens (including phenoxy) is 1. The number of aromatic nitrogens is 1. The summed E-state index contributed by atoms with van der Waals surface area (Å²) in [4.78, 5) is 12.4. The molecular formula is C25H29N5O. The van der Waals surface area contributed by atoms with Crippen LogP contribution in [-0.4, -0.2) is 63.0 Å². The Kier molecular flexibility index (Phi) is 6.54. The number of piperazine rings is 1. The first-order valence-electron chi connectivity index (χ1n) is 10.8. The highest BCUT2D eigenvalue weighted by molar-refractivity contribution is 5.99. The van der Waals surface area contributed by atoms with Crippen LogP contribution < -0.4 is 9.64 Å². The van der Waals surface area contributed by atoms with Crippen LogP contribution in [0.1, 0.15) is 23.1 Å². The topological polar surface area (TPSA) is 67.7 Å². The maximum atomic E-state index is 9.17. The van der Waals surface area contributed by atoms with Crippen LogP contribution in [0, 0.1) is 11.3 Å². The lowest BCUT2D eigenvalue weighted by molar-refractivity contribution is 0.255. The van der Waals surface area contributed by atoms with Gasteiger partial charge in [-0.15, -0.1) is 0 Å². The number of aryl methyl sites for hydroxylation is 1. The molecule has 0 saturated carbocycles. The molecule has 2 heterocycles. The summed E-state index contributed by atoms with van der Waals surface area (Å²) in [6.45, 7) is 5.20. The second-order valence-corrected chi connectivity index (χ2v) is 7.94. The number of benzene rings is 2. The van der Waals surface area contributed by atoms with Crippen molar-refractivity contribution < 1.29 is 4.74 Å². The summed E-state index contributed by atoms with van der Waals surface area (Å²) in [5, 5.41) is 10.4. The molecule has 0 radical (unpaired) electrons. The van der Waals surface area contributed by atoms with E-state index in [0.29, 0.717) is 11.3 Å². The Labute approximate surface area is 183 Å². The average Bonchev–Trinajstić information content (AvgIpc) is 3.21. The van der Waals surface area contributed by atoms with E-state index in [0.717, 1.165) is 56.8 Å². The molecule has 1 N–H and O–H groups in total. The van der Waals surface area contributed by atoms with Gasteiger partial charge in [0.1, 0.15) is 11.8 Å². The van der Waals surface area contributed by atoms with Crippen molar-refractivity contribution in [3.63, 3.8) is 0 Å². The number of nitrogens with zero attached hydrogens (tertiary/aromatic N) is 4. The average molecular weight is 416 g/mol. The van der Waals surface area contributed by atoms with Gasteiger partial charge in [0.2, 0.25) is 0 Å². The third-order valence-corrected chi connectivity index (χ3v) is 6.03. The first kappa shape index (κ1) is 21.0. The van der Waals surface area contributed by atoms with Crippen LogP contribution >= 0.6 is 0 Å². The van der Waals surface area contributed by atoms with Crippen molar-refractivity contribution >= 4 is 22.8 Å². The Hall–Kier alpha value is -3.30. The van der Waals surface area contributed by atoms with Gasteiger partial charge in [0.15, 0.2) is 0 Å². The summed E-state index contributed by atoms with van der Waals surface area (Å²) < 4.78 is 5.36. The fourth-order valence-corrected chi connectivity index (χ4v) is 4.30. The molecule has 1 aliphatic heterocycles. The van der Waals surface area contributed by atoms with Gasteiger partial charge in [0.05, 0.1) is 12.7 Å². The lowest BCUT2D eigenvalue weighted by Crippen LogP contribution is -2.46. The number of aliphatic imine (C=N–C) groups is 1. The molecule has 1 aliphatic rings. The number of hydrogen-bond acceptors (Lipinski definition) is 5. The third-order valence-electron chi connectivity index (χ3n) is 6.03. The molecule has 0 bridgehead atoms. The van der Waals surface area contributed by atoms with Gasteiger partial charge >= 0.3 is 0 Å². The van der Waals surface area contributed by atoms with Crippen molar-refractivity contribution in [2.75, 3.05) is 51.8 Å². The number of aromatic amines is 1. The number of rotatable bonds is 7. The van der Waals surface area contributed by atoms with Gasteiger partial charge in [0.25, 0.3) is 0 Å². The molecule has 160 valence electrons. The molecule has 31 heavy (non-hydrogen) atoms. The third kappa shape index (κ3) is 4.73. The number of hydrogen-bond donors (Lipinski definition) is 1. The standard InChI is InChI=1S/C25H29N5O/c1-27-17-21-18-28-24-14-19(5-8-23(21)24)4-3-9-29-10-12-30(13-11-29)22-7-6-20(16-26)25(15-22)31-2/h5-8,14-15,17-18,28H,3-4,9-13H2,1-2H3.